The van der Waals surface area contributed by atoms with Gasteiger partial charge < -0.3 is 14.8 Å². The fourth-order valence-electron chi connectivity index (χ4n) is 3.52. The Hall–Kier alpha value is -3.54. The van der Waals surface area contributed by atoms with E-state index < -0.39 is 0 Å². The number of hydrogen-bond acceptors (Lipinski definition) is 5. The molecule has 2 aromatic heterocycles. The van der Waals surface area contributed by atoms with Gasteiger partial charge in [-0.1, -0.05) is 6.07 Å². The van der Waals surface area contributed by atoms with Crippen molar-refractivity contribution in [3.8, 4) is 22.8 Å². The number of aryl methyl sites for hydroxylation is 3. The quantitative estimate of drug-likeness (QED) is 0.516. The predicted molar refractivity (Wildman–Crippen MR) is 115 cm³/mol. The van der Waals surface area contributed by atoms with Crippen molar-refractivity contribution in [3.63, 3.8) is 0 Å². The Kier molecular flexibility index (Phi) is 4.84. The number of ether oxygens (including phenoxy) is 2. The molecule has 0 saturated heterocycles. The summed E-state index contributed by atoms with van der Waals surface area (Å²) in [6.45, 7) is 6.17. The Bertz CT molecular complexity index is 1180. The molecular formula is C23H24N4O2. The van der Waals surface area contributed by atoms with E-state index >= 15 is 0 Å². The van der Waals surface area contributed by atoms with Crippen LogP contribution in [0.4, 0.5) is 11.5 Å². The van der Waals surface area contributed by atoms with Crippen LogP contribution in [-0.2, 0) is 0 Å². The normalized spacial score (nSPS) is 10.9. The van der Waals surface area contributed by atoms with E-state index in [1.54, 1.807) is 14.2 Å². The SMILES string of the molecule is COc1ccc(-c2cc3nc(C)cc(Nc4cc(C)cc(C)c4)n3n2)cc1OC. The maximum atomic E-state index is 5.43. The summed E-state index contributed by atoms with van der Waals surface area (Å²) in [7, 11) is 3.25. The Balaban J connectivity index is 1.79. The Morgan fingerprint density at radius 2 is 1.55 bits per heavy atom. The maximum Gasteiger partial charge on any atom is 0.161 e. The van der Waals surface area contributed by atoms with Crippen LogP contribution in [0, 0.1) is 20.8 Å². The van der Waals surface area contributed by atoms with Crippen LogP contribution in [0.3, 0.4) is 0 Å². The minimum Gasteiger partial charge on any atom is -0.493 e. The highest BCUT2D eigenvalue weighted by Gasteiger charge is 2.13. The van der Waals surface area contributed by atoms with Crippen molar-refractivity contribution >= 4 is 17.2 Å². The molecule has 0 bridgehead atoms. The number of hydrogen-bond donors (Lipinski definition) is 1. The van der Waals surface area contributed by atoms with Crippen molar-refractivity contribution in [1.82, 2.24) is 14.6 Å². The van der Waals surface area contributed by atoms with Crippen molar-refractivity contribution < 1.29 is 9.47 Å². The predicted octanol–water partition coefficient (Wildman–Crippen LogP) is 5.08. The molecule has 148 valence electrons. The van der Waals surface area contributed by atoms with Gasteiger partial charge in [-0.25, -0.2) is 4.98 Å². The number of nitrogens with one attached hydrogen (secondary N) is 1. The van der Waals surface area contributed by atoms with Crippen LogP contribution >= 0.6 is 0 Å². The second-order valence-electron chi connectivity index (χ2n) is 7.15. The van der Waals surface area contributed by atoms with E-state index in [-0.39, 0.29) is 0 Å². The lowest BCUT2D eigenvalue weighted by molar-refractivity contribution is 0.355. The zero-order valence-corrected chi connectivity index (χ0v) is 17.3. The van der Waals surface area contributed by atoms with Crippen LogP contribution in [0.1, 0.15) is 16.8 Å². The van der Waals surface area contributed by atoms with Gasteiger partial charge in [-0.05, 0) is 62.2 Å². The lowest BCUT2D eigenvalue weighted by Gasteiger charge is -2.11. The zero-order chi connectivity index (χ0) is 20.5. The first-order valence-electron chi connectivity index (χ1n) is 9.42. The Morgan fingerprint density at radius 1 is 0.828 bits per heavy atom. The number of fused-ring (bicyclic) bond motifs is 1. The molecule has 0 aliphatic carbocycles. The topological polar surface area (TPSA) is 60.7 Å². The molecule has 0 saturated carbocycles. The van der Waals surface area contributed by atoms with Gasteiger partial charge in [-0.3, -0.25) is 0 Å². The highest BCUT2D eigenvalue weighted by Crippen LogP contribution is 2.32. The number of methoxy groups -OCH3 is 2. The fraction of sp³-hybridized carbons (Fsp3) is 0.217. The van der Waals surface area contributed by atoms with Crippen molar-refractivity contribution in [2.75, 3.05) is 19.5 Å². The summed E-state index contributed by atoms with van der Waals surface area (Å²) >= 11 is 0. The van der Waals surface area contributed by atoms with Gasteiger partial charge in [0, 0.05) is 29.1 Å². The lowest BCUT2D eigenvalue weighted by atomic mass is 10.1. The highest BCUT2D eigenvalue weighted by molar-refractivity contribution is 5.69. The molecule has 0 fully saturated rings. The average molecular weight is 388 g/mol. The first-order chi connectivity index (χ1) is 14.0. The van der Waals surface area contributed by atoms with Crippen molar-refractivity contribution in [2.24, 2.45) is 0 Å². The summed E-state index contributed by atoms with van der Waals surface area (Å²) in [5.41, 5.74) is 6.89. The fourth-order valence-corrected chi connectivity index (χ4v) is 3.52. The molecule has 4 rings (SSSR count). The molecule has 4 aromatic rings. The molecule has 6 nitrogen and oxygen atoms in total. The lowest BCUT2D eigenvalue weighted by Crippen LogP contribution is -2.02. The molecule has 1 N–H and O–H groups in total. The summed E-state index contributed by atoms with van der Waals surface area (Å²) in [4.78, 5) is 4.64. The third-order valence-electron chi connectivity index (χ3n) is 4.73. The van der Waals surface area contributed by atoms with Gasteiger partial charge in [0.2, 0.25) is 0 Å². The summed E-state index contributed by atoms with van der Waals surface area (Å²) in [6.07, 6.45) is 0. The smallest absolute Gasteiger partial charge is 0.161 e. The van der Waals surface area contributed by atoms with E-state index in [1.807, 2.05) is 41.8 Å². The molecule has 0 aliphatic heterocycles. The second kappa shape index (κ2) is 7.47. The van der Waals surface area contributed by atoms with Crippen LogP contribution in [0.5, 0.6) is 11.5 Å². The molecule has 0 unspecified atom stereocenters. The number of anilines is 2. The molecule has 2 heterocycles. The van der Waals surface area contributed by atoms with Gasteiger partial charge in [0.1, 0.15) is 5.82 Å². The van der Waals surface area contributed by atoms with E-state index in [4.69, 9.17) is 14.6 Å². The third kappa shape index (κ3) is 3.74. The maximum absolute atomic E-state index is 5.43. The van der Waals surface area contributed by atoms with Gasteiger partial charge in [-0.2, -0.15) is 9.61 Å². The first-order valence-corrected chi connectivity index (χ1v) is 9.42. The molecule has 0 aliphatic rings. The minimum absolute atomic E-state index is 0.666. The standard InChI is InChI=1S/C23H24N4O2/c1-14-8-15(2)10-18(9-14)25-22-11-16(3)24-23-13-19(26-27(22)23)17-6-7-20(28-4)21(12-17)29-5/h6-13,25H,1-5H3. The number of rotatable bonds is 5. The minimum atomic E-state index is 0.666. The summed E-state index contributed by atoms with van der Waals surface area (Å²) in [5.74, 6) is 2.22. The highest BCUT2D eigenvalue weighted by atomic mass is 16.5. The molecule has 29 heavy (non-hydrogen) atoms. The molecular weight excluding hydrogens is 364 g/mol. The molecule has 0 amide bonds. The van der Waals surface area contributed by atoms with E-state index in [1.165, 1.54) is 11.1 Å². The largest absolute Gasteiger partial charge is 0.493 e. The monoisotopic (exact) mass is 388 g/mol. The first kappa shape index (κ1) is 18.8. The summed E-state index contributed by atoms with van der Waals surface area (Å²) in [5, 5.41) is 8.28. The van der Waals surface area contributed by atoms with Crippen molar-refractivity contribution in [2.45, 2.75) is 20.8 Å². The summed E-state index contributed by atoms with van der Waals surface area (Å²) < 4.78 is 12.6. The van der Waals surface area contributed by atoms with Crippen LogP contribution < -0.4 is 14.8 Å². The van der Waals surface area contributed by atoms with E-state index in [9.17, 15) is 0 Å². The Labute approximate surface area is 170 Å². The van der Waals surface area contributed by atoms with Crippen LogP contribution in [0.2, 0.25) is 0 Å². The second-order valence-corrected chi connectivity index (χ2v) is 7.15. The molecule has 2 aromatic carbocycles. The van der Waals surface area contributed by atoms with Gasteiger partial charge in [0.15, 0.2) is 17.1 Å². The number of aromatic nitrogens is 3. The van der Waals surface area contributed by atoms with Gasteiger partial charge >= 0.3 is 0 Å². The van der Waals surface area contributed by atoms with Crippen molar-refractivity contribution in [3.05, 3.63) is 65.4 Å². The zero-order valence-electron chi connectivity index (χ0n) is 17.3. The van der Waals surface area contributed by atoms with Crippen LogP contribution in [0.25, 0.3) is 16.9 Å². The average Bonchev–Trinajstić information content (AvgIpc) is 3.10. The van der Waals surface area contributed by atoms with Crippen LogP contribution in [0.15, 0.2) is 48.5 Å². The Morgan fingerprint density at radius 3 is 2.24 bits per heavy atom. The van der Waals surface area contributed by atoms with E-state index in [0.717, 1.165) is 34.1 Å². The van der Waals surface area contributed by atoms with E-state index in [0.29, 0.717) is 11.5 Å². The van der Waals surface area contributed by atoms with Gasteiger partial charge in [0.05, 0.1) is 19.9 Å². The number of benzene rings is 2. The van der Waals surface area contributed by atoms with E-state index in [2.05, 4.69) is 42.3 Å². The molecule has 0 atom stereocenters. The molecule has 0 spiro atoms. The van der Waals surface area contributed by atoms with Gasteiger partial charge in [0.25, 0.3) is 0 Å². The van der Waals surface area contributed by atoms with Gasteiger partial charge in [-0.15, -0.1) is 0 Å². The molecule has 6 heteroatoms. The number of nitrogens with zero attached hydrogens (tertiary/aromatic N) is 3. The van der Waals surface area contributed by atoms with Crippen molar-refractivity contribution in [1.29, 1.82) is 0 Å². The summed E-state index contributed by atoms with van der Waals surface area (Å²) in [6, 6.07) is 16.1. The molecule has 0 radical (unpaired) electrons. The van der Waals surface area contributed by atoms with Crippen LogP contribution in [-0.4, -0.2) is 28.8 Å². The third-order valence-corrected chi connectivity index (χ3v) is 4.73.